The zero-order chi connectivity index (χ0) is 16.3. The zero-order valence-corrected chi connectivity index (χ0v) is 15.4. The minimum absolute atomic E-state index is 0.392. The highest BCUT2D eigenvalue weighted by Gasteiger charge is 2.27. The Morgan fingerprint density at radius 1 is 1.25 bits per heavy atom. The summed E-state index contributed by atoms with van der Waals surface area (Å²) in [6.45, 7) is 2.18. The first-order valence-corrected chi connectivity index (χ1v) is 10.1. The normalized spacial score (nSPS) is 16.5. The average Bonchev–Trinajstić information content (AvgIpc) is 3.29. The summed E-state index contributed by atoms with van der Waals surface area (Å²) in [6.07, 6.45) is 5.63. The summed E-state index contributed by atoms with van der Waals surface area (Å²) >= 11 is 5.21. The van der Waals surface area contributed by atoms with E-state index < -0.39 is 0 Å². The van der Waals surface area contributed by atoms with Crippen LogP contribution in [0.3, 0.4) is 0 Å². The van der Waals surface area contributed by atoms with E-state index in [9.17, 15) is 0 Å². The molecule has 0 radical (unpaired) electrons. The molecule has 0 spiro atoms. The number of aryl methyl sites for hydroxylation is 1. The number of thiophene rings is 1. The molecule has 1 aliphatic heterocycles. The second kappa shape index (κ2) is 5.30. The minimum atomic E-state index is 0.392. The van der Waals surface area contributed by atoms with Crippen LogP contribution in [0.25, 0.3) is 32.3 Å². The van der Waals surface area contributed by atoms with E-state index in [-0.39, 0.29) is 0 Å². The molecule has 0 amide bonds. The smallest absolute Gasteiger partial charge is 0.141 e. The number of aromatic nitrogens is 4. The summed E-state index contributed by atoms with van der Waals surface area (Å²) < 4.78 is 3.35. The molecule has 0 aromatic carbocycles. The van der Waals surface area contributed by atoms with Gasteiger partial charge in [-0.3, -0.25) is 0 Å². The number of hydrogen-bond acceptors (Lipinski definition) is 7. The monoisotopic (exact) mass is 371 g/mol. The molecule has 4 aromatic heterocycles. The molecule has 0 saturated heterocycles. The number of imidazole rings is 1. The van der Waals surface area contributed by atoms with Crippen molar-refractivity contribution in [3.63, 3.8) is 0 Å². The molecule has 1 unspecified atom stereocenters. The SMILES string of the molecule is CC1Nc2c(sc3nc(-c4nccs4)cc(-c4nccn4C)c23)S1. The minimum Gasteiger partial charge on any atom is -0.371 e. The molecule has 120 valence electrons. The predicted molar refractivity (Wildman–Crippen MR) is 102 cm³/mol. The summed E-state index contributed by atoms with van der Waals surface area (Å²) in [7, 11) is 2.02. The van der Waals surface area contributed by atoms with Gasteiger partial charge in [0.15, 0.2) is 0 Å². The van der Waals surface area contributed by atoms with Crippen LogP contribution >= 0.6 is 34.4 Å². The Kier molecular flexibility index (Phi) is 3.19. The largest absolute Gasteiger partial charge is 0.371 e. The third kappa shape index (κ3) is 2.10. The van der Waals surface area contributed by atoms with E-state index in [4.69, 9.17) is 4.98 Å². The van der Waals surface area contributed by atoms with Gasteiger partial charge in [-0.15, -0.1) is 22.7 Å². The molecule has 1 aliphatic rings. The first-order valence-electron chi connectivity index (χ1n) is 7.49. The fraction of sp³-hybridized carbons (Fsp3) is 0.188. The second-order valence-electron chi connectivity index (χ2n) is 5.60. The Morgan fingerprint density at radius 2 is 2.17 bits per heavy atom. The Hall–Kier alpha value is -1.90. The van der Waals surface area contributed by atoms with Crippen LogP contribution < -0.4 is 5.32 Å². The molecular weight excluding hydrogens is 358 g/mol. The lowest BCUT2D eigenvalue weighted by Gasteiger charge is -2.09. The number of anilines is 1. The second-order valence-corrected chi connectivity index (χ2v) is 9.11. The maximum absolute atomic E-state index is 4.88. The van der Waals surface area contributed by atoms with Crippen molar-refractivity contribution in [2.24, 2.45) is 7.05 Å². The number of nitrogens with one attached hydrogen (secondary N) is 1. The standard InChI is InChI=1S/C16H13N5S3/c1-8-19-12-11-9(13-17-3-5-21(13)2)7-10(14-18-4-6-22-14)20-15(11)24-16(12)23-8/h3-8,19H,1-2H3. The topological polar surface area (TPSA) is 55.6 Å². The molecule has 0 bridgehead atoms. The van der Waals surface area contributed by atoms with Crippen molar-refractivity contribution in [3.05, 3.63) is 30.0 Å². The van der Waals surface area contributed by atoms with Gasteiger partial charge >= 0.3 is 0 Å². The highest BCUT2D eigenvalue weighted by atomic mass is 32.2. The number of hydrogen-bond donors (Lipinski definition) is 1. The summed E-state index contributed by atoms with van der Waals surface area (Å²) in [4.78, 5) is 14.9. The highest BCUT2D eigenvalue weighted by molar-refractivity contribution is 8.02. The van der Waals surface area contributed by atoms with Crippen LogP contribution in [0.2, 0.25) is 0 Å². The third-order valence-corrected chi connectivity index (χ3v) is 7.08. The van der Waals surface area contributed by atoms with Gasteiger partial charge in [0.2, 0.25) is 0 Å². The Balaban J connectivity index is 1.85. The quantitative estimate of drug-likeness (QED) is 0.554. The fourth-order valence-corrected chi connectivity index (χ4v) is 6.08. The van der Waals surface area contributed by atoms with Crippen LogP contribution in [0.15, 0.2) is 34.2 Å². The molecule has 8 heteroatoms. The lowest BCUT2D eigenvalue weighted by Crippen LogP contribution is -2.04. The van der Waals surface area contributed by atoms with Gasteiger partial charge in [0.1, 0.15) is 21.4 Å². The van der Waals surface area contributed by atoms with Crippen molar-refractivity contribution in [2.45, 2.75) is 16.5 Å². The number of rotatable bonds is 2. The van der Waals surface area contributed by atoms with Gasteiger partial charge in [-0.05, 0) is 13.0 Å². The van der Waals surface area contributed by atoms with Gasteiger partial charge in [0.25, 0.3) is 0 Å². The lowest BCUT2D eigenvalue weighted by molar-refractivity contribution is 0.926. The zero-order valence-electron chi connectivity index (χ0n) is 13.0. The molecule has 24 heavy (non-hydrogen) atoms. The maximum atomic E-state index is 4.88. The van der Waals surface area contributed by atoms with Crippen LogP contribution in [0.5, 0.6) is 0 Å². The Labute approximate surface area is 150 Å². The first-order chi connectivity index (χ1) is 11.7. The molecule has 0 fully saturated rings. The summed E-state index contributed by atoms with van der Waals surface area (Å²) in [5.41, 5.74) is 3.22. The van der Waals surface area contributed by atoms with E-state index in [0.29, 0.717) is 5.37 Å². The third-order valence-electron chi connectivity index (χ3n) is 3.97. The number of nitrogens with zero attached hydrogens (tertiary/aromatic N) is 4. The average molecular weight is 372 g/mol. The number of pyridine rings is 1. The van der Waals surface area contributed by atoms with E-state index in [1.807, 2.05) is 42.8 Å². The van der Waals surface area contributed by atoms with Crippen molar-refractivity contribution in [1.82, 2.24) is 19.5 Å². The van der Waals surface area contributed by atoms with Crippen LogP contribution in [-0.4, -0.2) is 24.9 Å². The highest BCUT2D eigenvalue weighted by Crippen LogP contribution is 2.51. The molecule has 4 aromatic rings. The summed E-state index contributed by atoms with van der Waals surface area (Å²) in [5, 5.41) is 8.06. The van der Waals surface area contributed by atoms with Crippen molar-refractivity contribution >= 4 is 50.3 Å². The Morgan fingerprint density at radius 3 is 2.92 bits per heavy atom. The number of thioether (sulfide) groups is 1. The van der Waals surface area contributed by atoms with Gasteiger partial charge in [0.05, 0.1) is 15.3 Å². The molecule has 5 nitrogen and oxygen atoms in total. The van der Waals surface area contributed by atoms with Gasteiger partial charge in [-0.2, -0.15) is 0 Å². The van der Waals surface area contributed by atoms with Gasteiger partial charge in [-0.25, -0.2) is 15.0 Å². The lowest BCUT2D eigenvalue weighted by atomic mass is 10.1. The van der Waals surface area contributed by atoms with Crippen molar-refractivity contribution in [2.75, 3.05) is 5.32 Å². The van der Waals surface area contributed by atoms with E-state index in [1.54, 1.807) is 22.7 Å². The molecule has 1 N–H and O–H groups in total. The van der Waals surface area contributed by atoms with Crippen molar-refractivity contribution < 1.29 is 0 Å². The Bertz CT molecular complexity index is 1050. The van der Waals surface area contributed by atoms with Crippen molar-refractivity contribution in [1.29, 1.82) is 0 Å². The molecule has 0 saturated carbocycles. The molecule has 5 heterocycles. The van der Waals surface area contributed by atoms with E-state index in [2.05, 4.69) is 32.8 Å². The van der Waals surface area contributed by atoms with Gasteiger partial charge < -0.3 is 9.88 Å². The van der Waals surface area contributed by atoms with Gasteiger partial charge in [0, 0.05) is 42.0 Å². The van der Waals surface area contributed by atoms with Crippen LogP contribution in [0, 0.1) is 0 Å². The molecule has 5 rings (SSSR count). The molecule has 1 atom stereocenters. The van der Waals surface area contributed by atoms with E-state index in [0.717, 1.165) is 26.9 Å². The van der Waals surface area contributed by atoms with E-state index >= 15 is 0 Å². The summed E-state index contributed by atoms with van der Waals surface area (Å²) in [6, 6.07) is 2.12. The van der Waals surface area contributed by atoms with Gasteiger partial charge in [-0.1, -0.05) is 11.8 Å². The maximum Gasteiger partial charge on any atom is 0.141 e. The van der Waals surface area contributed by atoms with Crippen LogP contribution in [0.1, 0.15) is 6.92 Å². The summed E-state index contributed by atoms with van der Waals surface area (Å²) in [5.74, 6) is 0.951. The van der Waals surface area contributed by atoms with Crippen molar-refractivity contribution in [3.8, 4) is 22.1 Å². The van der Waals surface area contributed by atoms with Crippen LogP contribution in [-0.2, 0) is 7.05 Å². The predicted octanol–water partition coefficient (Wildman–Crippen LogP) is 4.68. The fourth-order valence-electron chi connectivity index (χ4n) is 2.95. The number of thiazole rings is 1. The molecule has 0 aliphatic carbocycles. The van der Waals surface area contributed by atoms with E-state index in [1.165, 1.54) is 15.3 Å². The first kappa shape index (κ1) is 14.4. The van der Waals surface area contributed by atoms with Crippen LogP contribution in [0.4, 0.5) is 5.69 Å². The number of fused-ring (bicyclic) bond motifs is 3. The molecular formula is C16H13N5S3.